The summed E-state index contributed by atoms with van der Waals surface area (Å²) in [5, 5.41) is 0.530. The predicted molar refractivity (Wildman–Crippen MR) is 93.7 cm³/mol. The van der Waals surface area contributed by atoms with Crippen LogP contribution in [0.25, 0.3) is 0 Å². The van der Waals surface area contributed by atoms with E-state index in [4.69, 9.17) is 17.3 Å². The van der Waals surface area contributed by atoms with Gasteiger partial charge in [0.1, 0.15) is 11.5 Å². The topological polar surface area (TPSA) is 75.3 Å². The van der Waals surface area contributed by atoms with E-state index in [9.17, 15) is 4.79 Å². The molecule has 2 aromatic rings. The minimum atomic E-state index is -0.0468. The molecule has 0 saturated carbocycles. The van der Waals surface area contributed by atoms with Crippen LogP contribution in [0.5, 0.6) is 0 Å². The van der Waals surface area contributed by atoms with E-state index in [-0.39, 0.29) is 5.91 Å². The zero-order valence-electron chi connectivity index (χ0n) is 13.4. The zero-order chi connectivity index (χ0) is 16.9. The number of rotatable bonds is 3. The highest BCUT2D eigenvalue weighted by molar-refractivity contribution is 6.30. The molecule has 0 unspecified atom stereocenters. The number of halogens is 1. The summed E-state index contributed by atoms with van der Waals surface area (Å²) in [6.07, 6.45) is 4.12. The number of hydrogen-bond acceptors (Lipinski definition) is 5. The number of carbonyl (C=O) groups is 1. The van der Waals surface area contributed by atoms with E-state index < -0.39 is 0 Å². The van der Waals surface area contributed by atoms with Crippen LogP contribution >= 0.6 is 11.6 Å². The van der Waals surface area contributed by atoms with E-state index in [2.05, 4.69) is 14.9 Å². The van der Waals surface area contributed by atoms with E-state index >= 15 is 0 Å². The standard InChI is InChI=1S/C17H20ClN5O/c18-14-4-5-15(21-11-14)17(24)23-8-2-7-22(9-10-23)12-13-3-1-6-20-16(13)19/h1,3-6,11H,2,7-10,12H2,(H2,19,20). The van der Waals surface area contributed by atoms with Gasteiger partial charge in [0.2, 0.25) is 0 Å². The van der Waals surface area contributed by atoms with Crippen molar-refractivity contribution in [3.8, 4) is 0 Å². The summed E-state index contributed by atoms with van der Waals surface area (Å²) in [5.41, 5.74) is 7.38. The molecule has 3 heterocycles. The zero-order valence-corrected chi connectivity index (χ0v) is 14.1. The first-order chi connectivity index (χ1) is 11.6. The largest absolute Gasteiger partial charge is 0.383 e. The Kier molecular flexibility index (Phi) is 5.27. The Morgan fingerprint density at radius 1 is 1.17 bits per heavy atom. The first-order valence-electron chi connectivity index (χ1n) is 7.96. The van der Waals surface area contributed by atoms with E-state index in [1.165, 1.54) is 6.20 Å². The van der Waals surface area contributed by atoms with Crippen LogP contribution in [0.2, 0.25) is 5.02 Å². The van der Waals surface area contributed by atoms with Gasteiger partial charge in [-0.2, -0.15) is 0 Å². The van der Waals surface area contributed by atoms with Crippen molar-refractivity contribution < 1.29 is 4.79 Å². The minimum absolute atomic E-state index is 0.0468. The van der Waals surface area contributed by atoms with Crippen LogP contribution in [-0.4, -0.2) is 51.9 Å². The molecule has 0 aliphatic carbocycles. The summed E-state index contributed by atoms with van der Waals surface area (Å²) in [7, 11) is 0. The number of nitrogens with two attached hydrogens (primary N) is 1. The van der Waals surface area contributed by atoms with Crippen molar-refractivity contribution in [2.45, 2.75) is 13.0 Å². The van der Waals surface area contributed by atoms with Gasteiger partial charge in [-0.1, -0.05) is 17.7 Å². The Bertz CT molecular complexity index is 706. The third kappa shape index (κ3) is 4.01. The summed E-state index contributed by atoms with van der Waals surface area (Å²) in [6.45, 7) is 3.87. The lowest BCUT2D eigenvalue weighted by Crippen LogP contribution is -2.35. The Hall–Kier alpha value is -2.18. The average Bonchev–Trinajstić information content (AvgIpc) is 2.83. The van der Waals surface area contributed by atoms with Crippen LogP contribution in [0, 0.1) is 0 Å². The number of anilines is 1. The maximum absolute atomic E-state index is 12.6. The normalized spacial score (nSPS) is 16.0. The van der Waals surface area contributed by atoms with Crippen molar-refractivity contribution >= 4 is 23.3 Å². The Morgan fingerprint density at radius 2 is 2.04 bits per heavy atom. The molecule has 0 spiro atoms. The molecule has 7 heteroatoms. The highest BCUT2D eigenvalue weighted by atomic mass is 35.5. The first kappa shape index (κ1) is 16.7. The van der Waals surface area contributed by atoms with Crippen molar-refractivity contribution in [1.82, 2.24) is 19.8 Å². The van der Waals surface area contributed by atoms with Gasteiger partial charge in [-0.05, 0) is 24.6 Å². The van der Waals surface area contributed by atoms with Crippen LogP contribution in [-0.2, 0) is 6.54 Å². The molecule has 6 nitrogen and oxygen atoms in total. The third-order valence-electron chi connectivity index (χ3n) is 4.14. The van der Waals surface area contributed by atoms with Crippen molar-refractivity contribution in [3.63, 3.8) is 0 Å². The molecule has 0 aromatic carbocycles. The quantitative estimate of drug-likeness (QED) is 0.921. The highest BCUT2D eigenvalue weighted by Gasteiger charge is 2.21. The second-order valence-corrected chi connectivity index (χ2v) is 6.27. The smallest absolute Gasteiger partial charge is 0.272 e. The fourth-order valence-corrected chi connectivity index (χ4v) is 2.93. The molecule has 0 radical (unpaired) electrons. The Morgan fingerprint density at radius 3 is 2.79 bits per heavy atom. The summed E-state index contributed by atoms with van der Waals surface area (Å²) < 4.78 is 0. The fraction of sp³-hybridized carbons (Fsp3) is 0.353. The number of carbonyl (C=O) groups excluding carboxylic acids is 1. The molecule has 3 rings (SSSR count). The highest BCUT2D eigenvalue weighted by Crippen LogP contribution is 2.14. The second kappa shape index (κ2) is 7.59. The van der Waals surface area contributed by atoms with Crippen LogP contribution < -0.4 is 5.73 Å². The summed E-state index contributed by atoms with van der Waals surface area (Å²) in [6, 6.07) is 7.25. The van der Waals surface area contributed by atoms with E-state index in [0.29, 0.717) is 23.1 Å². The molecule has 1 aliphatic heterocycles. The van der Waals surface area contributed by atoms with Gasteiger partial charge in [0.15, 0.2) is 0 Å². The lowest BCUT2D eigenvalue weighted by Gasteiger charge is -2.22. The molecule has 1 saturated heterocycles. The SMILES string of the molecule is Nc1ncccc1CN1CCCN(C(=O)c2ccc(Cl)cn2)CC1. The first-order valence-corrected chi connectivity index (χ1v) is 8.34. The van der Waals surface area contributed by atoms with Crippen molar-refractivity contribution in [2.75, 3.05) is 31.9 Å². The Balaban J connectivity index is 1.61. The van der Waals surface area contributed by atoms with Gasteiger partial charge in [0.25, 0.3) is 5.91 Å². The van der Waals surface area contributed by atoms with Crippen LogP contribution in [0.1, 0.15) is 22.5 Å². The van der Waals surface area contributed by atoms with Crippen LogP contribution in [0.15, 0.2) is 36.7 Å². The lowest BCUT2D eigenvalue weighted by atomic mass is 10.2. The average molecular weight is 346 g/mol. The fourth-order valence-electron chi connectivity index (χ4n) is 2.82. The second-order valence-electron chi connectivity index (χ2n) is 5.83. The van der Waals surface area contributed by atoms with Crippen molar-refractivity contribution in [1.29, 1.82) is 0 Å². The third-order valence-corrected chi connectivity index (χ3v) is 4.37. The molecular formula is C17H20ClN5O. The molecule has 0 atom stereocenters. The van der Waals surface area contributed by atoms with Gasteiger partial charge < -0.3 is 10.6 Å². The maximum Gasteiger partial charge on any atom is 0.272 e. The summed E-state index contributed by atoms with van der Waals surface area (Å²) in [4.78, 5) is 25.0. The van der Waals surface area contributed by atoms with Gasteiger partial charge in [-0.25, -0.2) is 9.97 Å². The van der Waals surface area contributed by atoms with Crippen molar-refractivity contribution in [2.24, 2.45) is 0 Å². The van der Waals surface area contributed by atoms with Crippen LogP contribution in [0.3, 0.4) is 0 Å². The molecule has 126 valence electrons. The number of hydrogen-bond donors (Lipinski definition) is 1. The molecule has 2 aromatic heterocycles. The van der Waals surface area contributed by atoms with E-state index in [1.807, 2.05) is 17.0 Å². The number of amides is 1. The molecular weight excluding hydrogens is 326 g/mol. The summed E-state index contributed by atoms with van der Waals surface area (Å²) in [5.74, 6) is 0.523. The molecule has 1 fully saturated rings. The van der Waals surface area contributed by atoms with Gasteiger partial charge in [0.05, 0.1) is 5.02 Å². The molecule has 0 bridgehead atoms. The number of nitrogens with zero attached hydrogens (tertiary/aromatic N) is 4. The van der Waals surface area contributed by atoms with Gasteiger partial charge in [0, 0.05) is 50.7 Å². The number of nitrogen functional groups attached to an aromatic ring is 1. The lowest BCUT2D eigenvalue weighted by molar-refractivity contribution is 0.0755. The van der Waals surface area contributed by atoms with E-state index in [0.717, 1.165) is 38.2 Å². The van der Waals surface area contributed by atoms with Crippen LogP contribution in [0.4, 0.5) is 5.82 Å². The minimum Gasteiger partial charge on any atom is -0.383 e. The van der Waals surface area contributed by atoms with E-state index in [1.54, 1.807) is 18.3 Å². The maximum atomic E-state index is 12.6. The predicted octanol–water partition coefficient (Wildman–Crippen LogP) is 2.06. The number of pyridine rings is 2. The molecule has 2 N–H and O–H groups in total. The molecule has 1 aliphatic rings. The van der Waals surface area contributed by atoms with Crippen molar-refractivity contribution in [3.05, 3.63) is 52.9 Å². The number of aromatic nitrogens is 2. The summed E-state index contributed by atoms with van der Waals surface area (Å²) >= 11 is 5.83. The van der Waals surface area contributed by atoms with Gasteiger partial charge in [-0.3, -0.25) is 9.69 Å². The Labute approximate surface area is 146 Å². The molecule has 24 heavy (non-hydrogen) atoms. The monoisotopic (exact) mass is 345 g/mol. The van der Waals surface area contributed by atoms with Gasteiger partial charge >= 0.3 is 0 Å². The molecule has 1 amide bonds. The van der Waals surface area contributed by atoms with Gasteiger partial charge in [-0.15, -0.1) is 0 Å².